The van der Waals surface area contributed by atoms with E-state index in [4.69, 9.17) is 16.3 Å². The van der Waals surface area contributed by atoms with Crippen LogP contribution in [0.15, 0.2) is 18.5 Å². The highest BCUT2D eigenvalue weighted by molar-refractivity contribution is 6.30. The van der Waals surface area contributed by atoms with Crippen LogP contribution in [0, 0.1) is 0 Å². The van der Waals surface area contributed by atoms with E-state index in [0.29, 0.717) is 17.4 Å². The van der Waals surface area contributed by atoms with E-state index in [1.165, 1.54) is 0 Å². The Morgan fingerprint density at radius 3 is 2.88 bits per heavy atom. The lowest BCUT2D eigenvalue weighted by Gasteiger charge is -2.10. The minimum absolute atomic E-state index is 0.599. The van der Waals surface area contributed by atoms with Gasteiger partial charge in [0.05, 0.1) is 11.2 Å². The molecule has 1 rings (SSSR count). The molecule has 5 heteroatoms. The van der Waals surface area contributed by atoms with Gasteiger partial charge < -0.3 is 15.0 Å². The Hall–Kier alpha value is -0.840. The zero-order valence-electron chi connectivity index (χ0n) is 10.4. The highest BCUT2D eigenvalue weighted by Crippen LogP contribution is 2.14. The first kappa shape index (κ1) is 14.2. The summed E-state index contributed by atoms with van der Waals surface area (Å²) in [5.41, 5.74) is 0. The maximum atomic E-state index is 5.79. The van der Waals surface area contributed by atoms with E-state index in [1.54, 1.807) is 18.5 Å². The maximum absolute atomic E-state index is 5.79. The molecule has 0 unspecified atom stereocenters. The largest absolute Gasteiger partial charge is 0.491 e. The van der Waals surface area contributed by atoms with Gasteiger partial charge in [0.15, 0.2) is 0 Å². The Labute approximate surface area is 108 Å². The van der Waals surface area contributed by atoms with E-state index in [0.717, 1.165) is 26.1 Å². The maximum Gasteiger partial charge on any atom is 0.139 e. The number of hydrogen-bond donors (Lipinski definition) is 1. The smallest absolute Gasteiger partial charge is 0.139 e. The molecule has 0 radical (unpaired) electrons. The summed E-state index contributed by atoms with van der Waals surface area (Å²) < 4.78 is 5.49. The summed E-state index contributed by atoms with van der Waals surface area (Å²) in [4.78, 5) is 6.13. The minimum Gasteiger partial charge on any atom is -0.491 e. The third kappa shape index (κ3) is 7.15. The van der Waals surface area contributed by atoms with Crippen LogP contribution in [0.5, 0.6) is 5.75 Å². The van der Waals surface area contributed by atoms with Gasteiger partial charge in [-0.2, -0.15) is 0 Å². The topological polar surface area (TPSA) is 37.4 Å². The summed E-state index contributed by atoms with van der Waals surface area (Å²) in [5.74, 6) is 0.715. The lowest BCUT2D eigenvalue weighted by atomic mass is 10.4. The van der Waals surface area contributed by atoms with Crippen molar-refractivity contribution < 1.29 is 4.74 Å². The van der Waals surface area contributed by atoms with E-state index in [2.05, 4.69) is 29.3 Å². The average molecular weight is 258 g/mol. The highest BCUT2D eigenvalue weighted by Gasteiger charge is 1.95. The molecule has 0 spiro atoms. The van der Waals surface area contributed by atoms with Crippen LogP contribution in [0.4, 0.5) is 0 Å². The van der Waals surface area contributed by atoms with Gasteiger partial charge in [-0.3, -0.25) is 4.98 Å². The zero-order valence-corrected chi connectivity index (χ0v) is 11.2. The molecular formula is C12H20ClN3O. The molecule has 0 bridgehead atoms. The fourth-order valence-electron chi connectivity index (χ4n) is 1.36. The van der Waals surface area contributed by atoms with Crippen molar-refractivity contribution in [2.75, 3.05) is 40.3 Å². The van der Waals surface area contributed by atoms with Crippen molar-refractivity contribution in [3.8, 4) is 5.75 Å². The van der Waals surface area contributed by atoms with E-state index >= 15 is 0 Å². The monoisotopic (exact) mass is 257 g/mol. The van der Waals surface area contributed by atoms with Crippen LogP contribution in [0.3, 0.4) is 0 Å². The second-order valence-electron chi connectivity index (χ2n) is 4.09. The molecule has 96 valence electrons. The summed E-state index contributed by atoms with van der Waals surface area (Å²) in [6.45, 7) is 3.57. The predicted octanol–water partition coefficient (Wildman–Crippen LogP) is 1.66. The zero-order chi connectivity index (χ0) is 12.5. The summed E-state index contributed by atoms with van der Waals surface area (Å²) in [6.07, 6.45) is 4.40. The Balaban J connectivity index is 2.01. The molecule has 1 heterocycles. The Kier molecular flexibility index (Phi) is 6.93. The van der Waals surface area contributed by atoms with Crippen LogP contribution < -0.4 is 10.1 Å². The molecule has 0 aromatic carbocycles. The molecule has 0 aliphatic carbocycles. The van der Waals surface area contributed by atoms with Gasteiger partial charge in [-0.25, -0.2) is 0 Å². The van der Waals surface area contributed by atoms with Crippen molar-refractivity contribution in [2.24, 2.45) is 0 Å². The van der Waals surface area contributed by atoms with Crippen molar-refractivity contribution in [2.45, 2.75) is 6.42 Å². The van der Waals surface area contributed by atoms with Crippen LogP contribution in [-0.2, 0) is 0 Å². The van der Waals surface area contributed by atoms with E-state index in [-0.39, 0.29) is 0 Å². The van der Waals surface area contributed by atoms with Crippen molar-refractivity contribution in [3.05, 3.63) is 23.5 Å². The van der Waals surface area contributed by atoms with Gasteiger partial charge >= 0.3 is 0 Å². The third-order valence-corrected chi connectivity index (χ3v) is 2.39. The molecule has 0 fully saturated rings. The summed E-state index contributed by atoms with van der Waals surface area (Å²) in [5, 5.41) is 3.92. The number of halogens is 1. The molecule has 0 saturated heterocycles. The second-order valence-corrected chi connectivity index (χ2v) is 4.53. The number of pyridine rings is 1. The number of rotatable bonds is 8. The summed E-state index contributed by atoms with van der Waals surface area (Å²) >= 11 is 5.79. The number of nitrogens with zero attached hydrogens (tertiary/aromatic N) is 2. The fourth-order valence-corrected chi connectivity index (χ4v) is 1.52. The molecule has 0 aliphatic rings. The first-order valence-electron chi connectivity index (χ1n) is 5.77. The lowest BCUT2D eigenvalue weighted by molar-refractivity contribution is 0.310. The van der Waals surface area contributed by atoms with E-state index in [9.17, 15) is 0 Å². The van der Waals surface area contributed by atoms with Crippen LogP contribution in [0.2, 0.25) is 5.02 Å². The standard InChI is InChI=1S/C12H20ClN3O/c1-16(2)6-3-4-14-5-7-17-12-8-11(13)9-15-10-12/h8-10,14H,3-7H2,1-2H3. The van der Waals surface area contributed by atoms with E-state index < -0.39 is 0 Å². The Bertz CT molecular complexity index is 320. The third-order valence-electron chi connectivity index (χ3n) is 2.19. The van der Waals surface area contributed by atoms with Gasteiger partial charge in [0.25, 0.3) is 0 Å². The van der Waals surface area contributed by atoms with Gasteiger partial charge in [0.1, 0.15) is 12.4 Å². The Morgan fingerprint density at radius 2 is 2.18 bits per heavy atom. The number of aromatic nitrogens is 1. The normalized spacial score (nSPS) is 10.8. The molecule has 0 aliphatic heterocycles. The van der Waals surface area contributed by atoms with Gasteiger partial charge in [-0.15, -0.1) is 0 Å². The van der Waals surface area contributed by atoms with Gasteiger partial charge in [-0.1, -0.05) is 11.6 Å². The molecule has 1 aromatic heterocycles. The van der Waals surface area contributed by atoms with Crippen molar-refractivity contribution >= 4 is 11.6 Å². The van der Waals surface area contributed by atoms with E-state index in [1.807, 2.05) is 0 Å². The highest BCUT2D eigenvalue weighted by atomic mass is 35.5. The molecule has 0 amide bonds. The average Bonchev–Trinajstić information content (AvgIpc) is 2.27. The number of hydrogen-bond acceptors (Lipinski definition) is 4. The SMILES string of the molecule is CN(C)CCCNCCOc1cncc(Cl)c1. The van der Waals surface area contributed by atoms with Gasteiger partial charge in [-0.05, 0) is 33.6 Å². The van der Waals surface area contributed by atoms with Crippen LogP contribution in [0.25, 0.3) is 0 Å². The van der Waals surface area contributed by atoms with Gasteiger partial charge in [0.2, 0.25) is 0 Å². The number of ether oxygens (including phenoxy) is 1. The van der Waals surface area contributed by atoms with Crippen molar-refractivity contribution in [1.29, 1.82) is 0 Å². The summed E-state index contributed by atoms with van der Waals surface area (Å²) in [6, 6.07) is 1.76. The molecule has 1 aromatic rings. The molecular weight excluding hydrogens is 238 g/mol. The fraction of sp³-hybridized carbons (Fsp3) is 0.583. The molecule has 0 saturated carbocycles. The van der Waals surface area contributed by atoms with Crippen molar-refractivity contribution in [3.63, 3.8) is 0 Å². The Morgan fingerprint density at radius 1 is 1.35 bits per heavy atom. The van der Waals surface area contributed by atoms with Crippen LogP contribution in [-0.4, -0.2) is 50.2 Å². The van der Waals surface area contributed by atoms with Crippen molar-refractivity contribution in [1.82, 2.24) is 15.2 Å². The molecule has 17 heavy (non-hydrogen) atoms. The first-order chi connectivity index (χ1) is 8.18. The number of nitrogens with one attached hydrogen (secondary N) is 1. The molecule has 4 nitrogen and oxygen atoms in total. The predicted molar refractivity (Wildman–Crippen MR) is 70.8 cm³/mol. The quantitative estimate of drug-likeness (QED) is 0.719. The lowest BCUT2D eigenvalue weighted by Crippen LogP contribution is -2.25. The summed E-state index contributed by atoms with van der Waals surface area (Å²) in [7, 11) is 4.16. The second kappa shape index (κ2) is 8.28. The first-order valence-corrected chi connectivity index (χ1v) is 6.15. The van der Waals surface area contributed by atoms with Crippen LogP contribution in [0.1, 0.15) is 6.42 Å². The molecule has 0 atom stereocenters. The minimum atomic E-state index is 0.599. The van der Waals surface area contributed by atoms with Crippen LogP contribution >= 0.6 is 11.6 Å². The van der Waals surface area contributed by atoms with Gasteiger partial charge in [0, 0.05) is 18.8 Å². The molecule has 1 N–H and O–H groups in total.